The average Bonchev–Trinajstić information content (AvgIpc) is 2.69. The number of rotatable bonds is 8. The maximum atomic E-state index is 12.6. The molecule has 134 valence electrons. The molecule has 0 radical (unpaired) electrons. The van der Waals surface area contributed by atoms with Gasteiger partial charge in [0, 0.05) is 12.7 Å². The molecule has 0 saturated heterocycles. The largest absolute Gasteiger partial charge is 0.493 e. The van der Waals surface area contributed by atoms with Gasteiger partial charge in [-0.25, -0.2) is 0 Å². The lowest BCUT2D eigenvalue weighted by Gasteiger charge is -2.32. The SMILES string of the molecule is CCC(CNC(=O)c1ccc(OC)c(OC)c1)(OC)c1ccccc1. The molecule has 0 bridgehead atoms. The summed E-state index contributed by atoms with van der Waals surface area (Å²) in [5.41, 5.74) is 0.979. The zero-order chi connectivity index (χ0) is 18.3. The lowest BCUT2D eigenvalue weighted by molar-refractivity contribution is -0.0164. The highest BCUT2D eigenvalue weighted by molar-refractivity contribution is 5.94. The van der Waals surface area contributed by atoms with Gasteiger partial charge in [-0.05, 0) is 30.2 Å². The fourth-order valence-electron chi connectivity index (χ4n) is 2.81. The standard InChI is InChI=1S/C20H25NO4/c1-5-20(25-4,16-9-7-6-8-10-16)14-21-19(22)15-11-12-17(23-2)18(13-15)24-3/h6-13H,5,14H2,1-4H3,(H,21,22). The summed E-state index contributed by atoms with van der Waals surface area (Å²) in [7, 11) is 4.77. The number of nitrogens with one attached hydrogen (secondary N) is 1. The van der Waals surface area contributed by atoms with Crippen molar-refractivity contribution in [1.29, 1.82) is 0 Å². The molecule has 1 amide bonds. The van der Waals surface area contributed by atoms with E-state index in [9.17, 15) is 4.79 Å². The minimum absolute atomic E-state index is 0.188. The predicted molar refractivity (Wildman–Crippen MR) is 97.3 cm³/mol. The minimum Gasteiger partial charge on any atom is -0.493 e. The van der Waals surface area contributed by atoms with Crippen LogP contribution in [0.3, 0.4) is 0 Å². The van der Waals surface area contributed by atoms with E-state index in [0.29, 0.717) is 23.6 Å². The van der Waals surface area contributed by atoms with Gasteiger partial charge in [-0.3, -0.25) is 4.79 Å². The number of ether oxygens (including phenoxy) is 3. The minimum atomic E-state index is -0.562. The molecular formula is C20H25NO4. The molecule has 0 aliphatic rings. The van der Waals surface area contributed by atoms with E-state index in [0.717, 1.165) is 12.0 Å². The Bertz CT molecular complexity index is 696. The van der Waals surface area contributed by atoms with Crippen LogP contribution >= 0.6 is 0 Å². The van der Waals surface area contributed by atoms with Crippen molar-refractivity contribution in [2.75, 3.05) is 27.9 Å². The summed E-state index contributed by atoms with van der Waals surface area (Å²) >= 11 is 0. The summed E-state index contributed by atoms with van der Waals surface area (Å²) in [6, 6.07) is 15.0. The van der Waals surface area contributed by atoms with Crippen molar-refractivity contribution in [2.45, 2.75) is 18.9 Å². The molecular weight excluding hydrogens is 318 g/mol. The third-order valence-electron chi connectivity index (χ3n) is 4.44. The summed E-state index contributed by atoms with van der Waals surface area (Å²) in [6.45, 7) is 2.41. The Balaban J connectivity index is 2.17. The van der Waals surface area contributed by atoms with Gasteiger partial charge in [-0.15, -0.1) is 0 Å². The van der Waals surface area contributed by atoms with Gasteiger partial charge in [0.2, 0.25) is 0 Å². The average molecular weight is 343 g/mol. The molecule has 1 N–H and O–H groups in total. The molecule has 0 aliphatic heterocycles. The normalized spacial score (nSPS) is 13.0. The zero-order valence-corrected chi connectivity index (χ0v) is 15.2. The Hall–Kier alpha value is -2.53. The monoisotopic (exact) mass is 343 g/mol. The van der Waals surface area contributed by atoms with Crippen molar-refractivity contribution in [3.8, 4) is 11.5 Å². The molecule has 2 aromatic carbocycles. The summed E-state index contributed by atoms with van der Waals surface area (Å²) in [4.78, 5) is 12.6. The molecule has 2 aromatic rings. The molecule has 25 heavy (non-hydrogen) atoms. The van der Waals surface area contributed by atoms with Gasteiger partial charge in [0.1, 0.15) is 5.60 Å². The number of methoxy groups -OCH3 is 3. The van der Waals surface area contributed by atoms with Gasteiger partial charge in [0.05, 0.1) is 20.8 Å². The van der Waals surface area contributed by atoms with E-state index in [4.69, 9.17) is 14.2 Å². The number of carbonyl (C=O) groups is 1. The number of hydrogen-bond donors (Lipinski definition) is 1. The third-order valence-corrected chi connectivity index (χ3v) is 4.44. The molecule has 5 nitrogen and oxygen atoms in total. The van der Waals surface area contributed by atoms with E-state index in [1.165, 1.54) is 0 Å². The van der Waals surface area contributed by atoms with Gasteiger partial charge in [-0.1, -0.05) is 37.3 Å². The number of benzene rings is 2. The van der Waals surface area contributed by atoms with Crippen LogP contribution in [0.15, 0.2) is 48.5 Å². The second-order valence-electron chi connectivity index (χ2n) is 5.67. The van der Waals surface area contributed by atoms with Crippen LogP contribution < -0.4 is 14.8 Å². The maximum absolute atomic E-state index is 12.6. The number of amides is 1. The second kappa shape index (κ2) is 8.53. The first-order chi connectivity index (χ1) is 12.1. The lowest BCUT2D eigenvalue weighted by Crippen LogP contribution is -2.41. The Morgan fingerprint density at radius 2 is 1.68 bits per heavy atom. The van der Waals surface area contributed by atoms with E-state index in [-0.39, 0.29) is 5.91 Å². The smallest absolute Gasteiger partial charge is 0.251 e. The first-order valence-corrected chi connectivity index (χ1v) is 8.21. The van der Waals surface area contributed by atoms with E-state index < -0.39 is 5.60 Å². The highest BCUT2D eigenvalue weighted by atomic mass is 16.5. The van der Waals surface area contributed by atoms with Crippen molar-refractivity contribution in [3.63, 3.8) is 0 Å². The molecule has 1 unspecified atom stereocenters. The summed E-state index contributed by atoms with van der Waals surface area (Å²) in [6.07, 6.45) is 0.736. The van der Waals surface area contributed by atoms with Crippen LogP contribution in [0.2, 0.25) is 0 Å². The quantitative estimate of drug-likeness (QED) is 0.798. The van der Waals surface area contributed by atoms with Crippen LogP contribution in [-0.4, -0.2) is 33.8 Å². The van der Waals surface area contributed by atoms with Crippen LogP contribution in [-0.2, 0) is 10.3 Å². The Morgan fingerprint density at radius 1 is 1.00 bits per heavy atom. The van der Waals surface area contributed by atoms with Crippen LogP contribution in [0.4, 0.5) is 0 Å². The van der Waals surface area contributed by atoms with Crippen LogP contribution in [0.1, 0.15) is 29.3 Å². The molecule has 0 spiro atoms. The number of hydrogen-bond acceptors (Lipinski definition) is 4. The molecule has 1 atom stereocenters. The van der Waals surface area contributed by atoms with Crippen molar-refractivity contribution in [1.82, 2.24) is 5.32 Å². The van der Waals surface area contributed by atoms with E-state index in [1.54, 1.807) is 39.5 Å². The summed E-state index contributed by atoms with van der Waals surface area (Å²) in [5, 5.41) is 2.97. The third kappa shape index (κ3) is 4.12. The van der Waals surface area contributed by atoms with Crippen LogP contribution in [0.25, 0.3) is 0 Å². The molecule has 0 aliphatic carbocycles. The Kier molecular flexibility index (Phi) is 6.42. The van der Waals surface area contributed by atoms with Crippen molar-refractivity contribution < 1.29 is 19.0 Å². The van der Waals surface area contributed by atoms with Gasteiger partial charge >= 0.3 is 0 Å². The second-order valence-corrected chi connectivity index (χ2v) is 5.67. The zero-order valence-electron chi connectivity index (χ0n) is 15.2. The van der Waals surface area contributed by atoms with Gasteiger partial charge in [0.15, 0.2) is 11.5 Å². The Labute approximate surface area is 148 Å². The summed E-state index contributed by atoms with van der Waals surface area (Å²) in [5.74, 6) is 0.918. The Morgan fingerprint density at radius 3 is 2.24 bits per heavy atom. The molecule has 0 saturated carbocycles. The van der Waals surface area contributed by atoms with Gasteiger partial charge in [0.25, 0.3) is 5.91 Å². The van der Waals surface area contributed by atoms with Crippen LogP contribution in [0.5, 0.6) is 11.5 Å². The molecule has 0 heterocycles. The van der Waals surface area contributed by atoms with E-state index in [2.05, 4.69) is 5.32 Å². The maximum Gasteiger partial charge on any atom is 0.251 e. The molecule has 0 aromatic heterocycles. The molecule has 0 fully saturated rings. The highest BCUT2D eigenvalue weighted by Gasteiger charge is 2.30. The van der Waals surface area contributed by atoms with Crippen molar-refractivity contribution >= 4 is 5.91 Å². The first kappa shape index (κ1) is 18.8. The van der Waals surface area contributed by atoms with Crippen molar-refractivity contribution in [2.24, 2.45) is 0 Å². The molecule has 5 heteroatoms. The first-order valence-electron chi connectivity index (χ1n) is 8.21. The van der Waals surface area contributed by atoms with Gasteiger partial charge < -0.3 is 19.5 Å². The van der Waals surface area contributed by atoms with E-state index in [1.807, 2.05) is 37.3 Å². The number of carbonyl (C=O) groups excluding carboxylic acids is 1. The lowest BCUT2D eigenvalue weighted by atomic mass is 9.90. The fraction of sp³-hybridized carbons (Fsp3) is 0.350. The predicted octanol–water partition coefficient (Wildman–Crippen LogP) is 3.39. The van der Waals surface area contributed by atoms with Crippen LogP contribution in [0, 0.1) is 0 Å². The van der Waals surface area contributed by atoms with Crippen molar-refractivity contribution in [3.05, 3.63) is 59.7 Å². The van der Waals surface area contributed by atoms with Gasteiger partial charge in [-0.2, -0.15) is 0 Å². The highest BCUT2D eigenvalue weighted by Crippen LogP contribution is 2.29. The topological polar surface area (TPSA) is 56.8 Å². The van der Waals surface area contributed by atoms with E-state index >= 15 is 0 Å². The summed E-state index contributed by atoms with van der Waals surface area (Å²) < 4.78 is 16.2. The fourth-order valence-corrected chi connectivity index (χ4v) is 2.81. The molecule has 2 rings (SSSR count).